The van der Waals surface area contributed by atoms with Gasteiger partial charge in [0.25, 0.3) is 0 Å². The number of carbonyl (C=O) groups excluding carboxylic acids is 1. The molecule has 1 aromatic rings. The van der Waals surface area contributed by atoms with Gasteiger partial charge >= 0.3 is 0 Å². The van der Waals surface area contributed by atoms with Crippen LogP contribution in [-0.4, -0.2) is 30.3 Å². The molecule has 0 bridgehead atoms. The number of ketones is 1. The molecule has 0 unspecified atom stereocenters. The SMILES string of the molecule is CN(C)C(C)(C)C(=O)c1ccoc1. The van der Waals surface area contributed by atoms with Crippen LogP contribution in [0.1, 0.15) is 24.2 Å². The minimum atomic E-state index is -0.482. The smallest absolute Gasteiger partial charge is 0.185 e. The number of hydrogen-bond donors (Lipinski definition) is 0. The van der Waals surface area contributed by atoms with Gasteiger partial charge in [-0.3, -0.25) is 9.69 Å². The molecule has 3 heteroatoms. The Balaban J connectivity index is 2.91. The Morgan fingerprint density at radius 1 is 1.46 bits per heavy atom. The summed E-state index contributed by atoms with van der Waals surface area (Å²) in [4.78, 5) is 13.8. The molecule has 72 valence electrons. The number of furan rings is 1. The maximum atomic E-state index is 11.9. The van der Waals surface area contributed by atoms with Crippen molar-refractivity contribution in [3.05, 3.63) is 24.2 Å². The third-order valence-corrected chi connectivity index (χ3v) is 2.46. The third-order valence-electron chi connectivity index (χ3n) is 2.46. The van der Waals surface area contributed by atoms with Gasteiger partial charge in [0, 0.05) is 0 Å². The van der Waals surface area contributed by atoms with E-state index >= 15 is 0 Å². The van der Waals surface area contributed by atoms with Crippen LogP contribution < -0.4 is 0 Å². The number of carbonyl (C=O) groups is 1. The maximum Gasteiger partial charge on any atom is 0.185 e. The average Bonchev–Trinajstić information content (AvgIpc) is 2.54. The monoisotopic (exact) mass is 181 g/mol. The summed E-state index contributed by atoms with van der Waals surface area (Å²) in [6, 6.07) is 1.69. The first-order valence-corrected chi connectivity index (χ1v) is 4.20. The highest BCUT2D eigenvalue weighted by molar-refractivity contribution is 6.02. The van der Waals surface area contributed by atoms with Gasteiger partial charge in [-0.25, -0.2) is 0 Å². The molecular weight excluding hydrogens is 166 g/mol. The van der Waals surface area contributed by atoms with Gasteiger partial charge in [0.1, 0.15) is 6.26 Å². The van der Waals surface area contributed by atoms with Crippen molar-refractivity contribution in [1.82, 2.24) is 4.90 Å². The standard InChI is InChI=1S/C10H15NO2/c1-10(2,11(3)4)9(12)8-5-6-13-7-8/h5-7H,1-4H3. The molecule has 0 N–H and O–H groups in total. The van der Waals surface area contributed by atoms with Crippen LogP contribution in [-0.2, 0) is 0 Å². The summed E-state index contributed by atoms with van der Waals surface area (Å²) in [5.41, 5.74) is 0.142. The van der Waals surface area contributed by atoms with Crippen LogP contribution in [0.5, 0.6) is 0 Å². The van der Waals surface area contributed by atoms with Crippen LogP contribution >= 0.6 is 0 Å². The van der Waals surface area contributed by atoms with E-state index in [1.54, 1.807) is 6.07 Å². The average molecular weight is 181 g/mol. The molecule has 0 saturated heterocycles. The summed E-state index contributed by atoms with van der Waals surface area (Å²) < 4.78 is 4.87. The van der Waals surface area contributed by atoms with Gasteiger partial charge in [0.05, 0.1) is 17.4 Å². The topological polar surface area (TPSA) is 33.5 Å². The summed E-state index contributed by atoms with van der Waals surface area (Å²) >= 11 is 0. The van der Waals surface area contributed by atoms with Gasteiger partial charge in [0.2, 0.25) is 0 Å². The predicted octanol–water partition coefficient (Wildman–Crippen LogP) is 1.80. The third kappa shape index (κ3) is 1.80. The van der Waals surface area contributed by atoms with Crippen molar-refractivity contribution in [2.24, 2.45) is 0 Å². The van der Waals surface area contributed by atoms with Crippen LogP contribution in [0, 0.1) is 0 Å². The van der Waals surface area contributed by atoms with E-state index in [0.29, 0.717) is 5.56 Å². The van der Waals surface area contributed by atoms with E-state index in [0.717, 1.165) is 0 Å². The molecule has 0 aliphatic heterocycles. The summed E-state index contributed by atoms with van der Waals surface area (Å²) in [7, 11) is 3.77. The zero-order valence-corrected chi connectivity index (χ0v) is 8.50. The maximum absolute atomic E-state index is 11.9. The molecule has 0 aliphatic carbocycles. The molecular formula is C10H15NO2. The molecule has 0 saturated carbocycles. The summed E-state index contributed by atoms with van der Waals surface area (Å²) in [5.74, 6) is 0.0752. The van der Waals surface area contributed by atoms with Crippen molar-refractivity contribution >= 4 is 5.78 Å². The van der Waals surface area contributed by atoms with Crippen molar-refractivity contribution in [3.8, 4) is 0 Å². The molecule has 0 amide bonds. The minimum Gasteiger partial charge on any atom is -0.472 e. The largest absolute Gasteiger partial charge is 0.472 e. The number of rotatable bonds is 3. The van der Waals surface area contributed by atoms with Crippen molar-refractivity contribution in [2.75, 3.05) is 14.1 Å². The van der Waals surface area contributed by atoms with Gasteiger partial charge in [-0.2, -0.15) is 0 Å². The Hall–Kier alpha value is -1.09. The molecule has 1 heterocycles. The van der Waals surface area contributed by atoms with Gasteiger partial charge < -0.3 is 4.42 Å². The molecule has 13 heavy (non-hydrogen) atoms. The lowest BCUT2D eigenvalue weighted by Crippen LogP contribution is -2.45. The van der Waals surface area contributed by atoms with E-state index in [9.17, 15) is 4.79 Å². The van der Waals surface area contributed by atoms with Crippen LogP contribution in [0.3, 0.4) is 0 Å². The molecule has 0 spiro atoms. The highest BCUT2D eigenvalue weighted by atomic mass is 16.3. The van der Waals surface area contributed by atoms with E-state index in [1.165, 1.54) is 12.5 Å². The Kier molecular flexibility index (Phi) is 2.57. The second kappa shape index (κ2) is 3.34. The van der Waals surface area contributed by atoms with Gasteiger partial charge in [-0.1, -0.05) is 0 Å². The number of likely N-dealkylation sites (N-methyl/N-ethyl adjacent to an activating group) is 1. The van der Waals surface area contributed by atoms with Crippen molar-refractivity contribution in [2.45, 2.75) is 19.4 Å². The van der Waals surface area contributed by atoms with Gasteiger partial charge in [0.15, 0.2) is 5.78 Å². The fourth-order valence-corrected chi connectivity index (χ4v) is 0.950. The first kappa shape index (κ1) is 9.99. The normalized spacial score (nSPS) is 12.1. The van der Waals surface area contributed by atoms with Crippen LogP contribution in [0.15, 0.2) is 23.0 Å². The minimum absolute atomic E-state index is 0.0752. The Morgan fingerprint density at radius 3 is 2.46 bits per heavy atom. The summed E-state index contributed by atoms with van der Waals surface area (Å²) in [6.45, 7) is 3.78. The fraction of sp³-hybridized carbons (Fsp3) is 0.500. The van der Waals surface area contributed by atoms with Crippen molar-refractivity contribution in [1.29, 1.82) is 0 Å². The molecule has 0 aromatic carbocycles. The van der Waals surface area contributed by atoms with E-state index in [4.69, 9.17) is 4.42 Å². The molecule has 0 radical (unpaired) electrons. The lowest BCUT2D eigenvalue weighted by molar-refractivity contribution is 0.0755. The first-order valence-electron chi connectivity index (χ1n) is 4.20. The molecule has 0 atom stereocenters. The second-order valence-corrected chi connectivity index (χ2v) is 3.79. The first-order chi connectivity index (χ1) is 5.96. The van der Waals surface area contributed by atoms with Gasteiger partial charge in [-0.15, -0.1) is 0 Å². The Bertz CT molecular complexity index is 286. The Labute approximate surface area is 78.3 Å². The molecule has 1 aromatic heterocycles. The van der Waals surface area contributed by atoms with E-state index in [-0.39, 0.29) is 5.78 Å². The van der Waals surface area contributed by atoms with Crippen LogP contribution in [0.25, 0.3) is 0 Å². The van der Waals surface area contributed by atoms with E-state index in [1.807, 2.05) is 32.8 Å². The highest BCUT2D eigenvalue weighted by Gasteiger charge is 2.31. The molecule has 3 nitrogen and oxygen atoms in total. The van der Waals surface area contributed by atoms with Crippen LogP contribution in [0.4, 0.5) is 0 Å². The summed E-state index contributed by atoms with van der Waals surface area (Å²) in [6.07, 6.45) is 2.99. The van der Waals surface area contributed by atoms with E-state index < -0.39 is 5.54 Å². The molecule has 1 rings (SSSR count). The summed E-state index contributed by atoms with van der Waals surface area (Å²) in [5, 5.41) is 0. The fourth-order valence-electron chi connectivity index (χ4n) is 0.950. The number of Topliss-reactive ketones (excluding diaryl/α,β-unsaturated/α-hetero) is 1. The lowest BCUT2D eigenvalue weighted by Gasteiger charge is -2.30. The van der Waals surface area contributed by atoms with Gasteiger partial charge in [-0.05, 0) is 34.0 Å². The lowest BCUT2D eigenvalue weighted by atomic mass is 9.94. The highest BCUT2D eigenvalue weighted by Crippen LogP contribution is 2.17. The molecule has 0 aliphatic rings. The Morgan fingerprint density at radius 2 is 2.08 bits per heavy atom. The van der Waals surface area contributed by atoms with Crippen molar-refractivity contribution in [3.63, 3.8) is 0 Å². The second-order valence-electron chi connectivity index (χ2n) is 3.79. The van der Waals surface area contributed by atoms with Crippen molar-refractivity contribution < 1.29 is 9.21 Å². The number of hydrogen-bond acceptors (Lipinski definition) is 3. The zero-order chi connectivity index (χ0) is 10.1. The number of nitrogens with zero attached hydrogens (tertiary/aromatic N) is 1. The van der Waals surface area contributed by atoms with Crippen LogP contribution in [0.2, 0.25) is 0 Å². The zero-order valence-electron chi connectivity index (χ0n) is 8.50. The van der Waals surface area contributed by atoms with E-state index in [2.05, 4.69) is 0 Å². The quantitative estimate of drug-likeness (QED) is 0.667. The molecule has 0 fully saturated rings. The predicted molar refractivity (Wildman–Crippen MR) is 50.8 cm³/mol.